The second-order valence-corrected chi connectivity index (χ2v) is 3.15. The van der Waals surface area contributed by atoms with Crippen LogP contribution in [-0.4, -0.2) is 25.2 Å². The summed E-state index contributed by atoms with van der Waals surface area (Å²) < 4.78 is 9.74. The molecule has 2 rings (SSSR count). The van der Waals surface area contributed by atoms with Crippen molar-refractivity contribution in [2.75, 3.05) is 14.2 Å². The largest absolute Gasteiger partial charge is 0.491 e. The van der Waals surface area contributed by atoms with Crippen LogP contribution in [0.1, 0.15) is 10.4 Å². The molecule has 2 aromatic heterocycles. The van der Waals surface area contributed by atoms with E-state index in [1.54, 1.807) is 31.6 Å². The number of pyridine rings is 2. The van der Waals surface area contributed by atoms with E-state index in [1.165, 1.54) is 7.11 Å². The number of carbonyl (C=O) groups excluding carboxylic acids is 1. The molecule has 82 valence electrons. The van der Waals surface area contributed by atoms with E-state index in [4.69, 9.17) is 4.74 Å². The van der Waals surface area contributed by atoms with Gasteiger partial charge in [-0.3, -0.25) is 0 Å². The molecule has 1 N–H and O–H groups in total. The average molecular weight is 219 g/mol. The fourth-order valence-corrected chi connectivity index (χ4v) is 1.46. The summed E-state index contributed by atoms with van der Waals surface area (Å²) in [5.74, 6) is 0.260. The van der Waals surface area contributed by atoms with Crippen molar-refractivity contribution in [1.29, 1.82) is 0 Å². The van der Waals surface area contributed by atoms with E-state index >= 15 is 0 Å². The molecule has 0 radical (unpaired) electrons. The van der Waals surface area contributed by atoms with Crippen LogP contribution in [0.4, 0.5) is 0 Å². The second-order valence-electron chi connectivity index (χ2n) is 3.15. The molecule has 0 saturated carbocycles. The molecule has 0 bridgehead atoms. The molecule has 0 saturated heterocycles. The molecule has 16 heavy (non-hydrogen) atoms. The Morgan fingerprint density at radius 3 is 2.94 bits per heavy atom. The topological polar surface area (TPSA) is 62.6 Å². The lowest BCUT2D eigenvalue weighted by atomic mass is 10.2. The van der Waals surface area contributed by atoms with Crippen molar-refractivity contribution < 1.29 is 19.3 Å². The molecule has 0 fully saturated rings. The maximum atomic E-state index is 11.5. The van der Waals surface area contributed by atoms with E-state index in [0.29, 0.717) is 22.3 Å². The van der Waals surface area contributed by atoms with E-state index in [-0.39, 0.29) is 0 Å². The zero-order valence-corrected chi connectivity index (χ0v) is 8.98. The van der Waals surface area contributed by atoms with Gasteiger partial charge in [0, 0.05) is 12.3 Å². The van der Waals surface area contributed by atoms with E-state index < -0.39 is 5.97 Å². The average Bonchev–Trinajstić information content (AvgIpc) is 2.36. The van der Waals surface area contributed by atoms with Crippen LogP contribution in [0.2, 0.25) is 0 Å². The molecular formula is C11H11N2O3+. The predicted molar refractivity (Wildman–Crippen MR) is 56.2 cm³/mol. The Labute approximate surface area is 92.0 Å². The number of carbonyl (C=O) groups is 1. The van der Waals surface area contributed by atoms with Gasteiger partial charge in [-0.25, -0.2) is 14.8 Å². The first-order chi connectivity index (χ1) is 7.76. The monoisotopic (exact) mass is 219 g/mol. The summed E-state index contributed by atoms with van der Waals surface area (Å²) in [4.78, 5) is 18.6. The molecule has 0 amide bonds. The highest BCUT2D eigenvalue weighted by molar-refractivity contribution is 6.00. The maximum absolute atomic E-state index is 11.5. The van der Waals surface area contributed by atoms with Gasteiger partial charge >= 0.3 is 5.97 Å². The van der Waals surface area contributed by atoms with Gasteiger partial charge in [-0.05, 0) is 6.07 Å². The van der Waals surface area contributed by atoms with E-state index in [2.05, 4.69) is 14.7 Å². The first-order valence-corrected chi connectivity index (χ1v) is 4.69. The highest BCUT2D eigenvalue weighted by atomic mass is 16.5. The van der Waals surface area contributed by atoms with Crippen LogP contribution in [-0.2, 0) is 4.74 Å². The molecule has 0 aliphatic rings. The second kappa shape index (κ2) is 4.14. The highest BCUT2D eigenvalue weighted by Gasteiger charge is 2.16. The number of hydrogen-bond donors (Lipinski definition) is 0. The van der Waals surface area contributed by atoms with Crippen molar-refractivity contribution in [3.8, 4) is 5.75 Å². The fourth-order valence-electron chi connectivity index (χ4n) is 1.46. The zero-order valence-electron chi connectivity index (χ0n) is 8.98. The van der Waals surface area contributed by atoms with Crippen molar-refractivity contribution in [3.05, 3.63) is 30.1 Å². The number of nitrogens with zero attached hydrogens (tertiary/aromatic N) is 1. The summed E-state index contributed by atoms with van der Waals surface area (Å²) in [6, 6.07) is 3.36. The highest BCUT2D eigenvalue weighted by Crippen LogP contribution is 2.16. The smallest absolute Gasteiger partial charge is 0.344 e. The molecule has 2 heterocycles. The summed E-state index contributed by atoms with van der Waals surface area (Å²) >= 11 is 0. The minimum atomic E-state index is -0.395. The van der Waals surface area contributed by atoms with Gasteiger partial charge in [-0.1, -0.05) is 0 Å². The number of ether oxygens (including phenoxy) is 2. The fraction of sp³-hybridized carbons (Fsp3) is 0.182. The predicted octanol–water partition coefficient (Wildman–Crippen LogP) is 0.844. The molecular weight excluding hydrogens is 208 g/mol. The molecule has 0 aliphatic heterocycles. The number of H-pyrrole nitrogens is 1. The summed E-state index contributed by atoms with van der Waals surface area (Å²) in [6.07, 6.45) is 3.22. The minimum absolute atomic E-state index is 0.395. The number of fused-ring (bicyclic) bond motifs is 1. The number of hydrogen-bond acceptors (Lipinski definition) is 4. The summed E-state index contributed by atoms with van der Waals surface area (Å²) in [7, 11) is 2.91. The van der Waals surface area contributed by atoms with Gasteiger partial charge in [0.15, 0.2) is 5.75 Å². The van der Waals surface area contributed by atoms with E-state index in [0.717, 1.165) is 0 Å². The van der Waals surface area contributed by atoms with Crippen LogP contribution in [0.5, 0.6) is 5.75 Å². The SMILES string of the molecule is COC(=O)c1ccnc2cc(OC)c[nH+]c12. The molecule has 5 nitrogen and oxygen atoms in total. The van der Waals surface area contributed by atoms with Crippen LogP contribution in [0.15, 0.2) is 24.5 Å². The van der Waals surface area contributed by atoms with Crippen LogP contribution >= 0.6 is 0 Å². The summed E-state index contributed by atoms with van der Waals surface area (Å²) in [5, 5.41) is 0. The van der Waals surface area contributed by atoms with Crippen molar-refractivity contribution in [2.24, 2.45) is 0 Å². The Hall–Kier alpha value is -2.17. The summed E-state index contributed by atoms with van der Waals surface area (Å²) in [5.41, 5.74) is 1.74. The van der Waals surface area contributed by atoms with Gasteiger partial charge in [0.2, 0.25) is 11.7 Å². The lowest BCUT2D eigenvalue weighted by Gasteiger charge is -2.00. The van der Waals surface area contributed by atoms with Crippen molar-refractivity contribution >= 4 is 17.0 Å². The number of aromatic nitrogens is 2. The zero-order chi connectivity index (χ0) is 11.5. The Bertz CT molecular complexity index is 540. The van der Waals surface area contributed by atoms with Gasteiger partial charge in [-0.2, -0.15) is 0 Å². The number of esters is 1. The third-order valence-electron chi connectivity index (χ3n) is 2.26. The van der Waals surface area contributed by atoms with Crippen LogP contribution in [0.25, 0.3) is 11.0 Å². The van der Waals surface area contributed by atoms with Gasteiger partial charge in [0.1, 0.15) is 11.1 Å². The van der Waals surface area contributed by atoms with Crippen LogP contribution in [0.3, 0.4) is 0 Å². The van der Waals surface area contributed by atoms with E-state index in [1.807, 2.05) is 0 Å². The first kappa shape index (κ1) is 10.4. The Kier molecular flexibility index (Phi) is 2.68. The third-order valence-corrected chi connectivity index (χ3v) is 2.26. The Balaban J connectivity index is 2.65. The van der Waals surface area contributed by atoms with E-state index in [9.17, 15) is 4.79 Å². The molecule has 0 aliphatic carbocycles. The van der Waals surface area contributed by atoms with Gasteiger partial charge in [0.25, 0.3) is 0 Å². The van der Waals surface area contributed by atoms with Gasteiger partial charge in [-0.15, -0.1) is 0 Å². The number of rotatable bonds is 2. The summed E-state index contributed by atoms with van der Waals surface area (Å²) in [6.45, 7) is 0. The Morgan fingerprint density at radius 2 is 2.25 bits per heavy atom. The molecule has 2 aromatic rings. The van der Waals surface area contributed by atoms with Crippen molar-refractivity contribution in [3.63, 3.8) is 0 Å². The molecule has 0 aromatic carbocycles. The van der Waals surface area contributed by atoms with Gasteiger partial charge < -0.3 is 9.47 Å². The Morgan fingerprint density at radius 1 is 1.44 bits per heavy atom. The van der Waals surface area contributed by atoms with Crippen molar-refractivity contribution in [2.45, 2.75) is 0 Å². The first-order valence-electron chi connectivity index (χ1n) is 4.69. The molecule has 0 spiro atoms. The third kappa shape index (κ3) is 1.67. The van der Waals surface area contributed by atoms with Gasteiger partial charge in [0.05, 0.1) is 14.2 Å². The lowest BCUT2D eigenvalue weighted by Crippen LogP contribution is -2.12. The molecule has 5 heteroatoms. The molecule has 0 unspecified atom stereocenters. The van der Waals surface area contributed by atoms with Crippen LogP contribution in [0, 0.1) is 0 Å². The van der Waals surface area contributed by atoms with Crippen molar-refractivity contribution in [1.82, 2.24) is 4.98 Å². The maximum Gasteiger partial charge on any atom is 0.344 e. The number of aromatic amines is 1. The van der Waals surface area contributed by atoms with Crippen LogP contribution < -0.4 is 9.72 Å². The lowest BCUT2D eigenvalue weighted by molar-refractivity contribution is -0.346. The number of nitrogens with one attached hydrogen (secondary N) is 1. The standard InChI is InChI=1S/C11H10N2O3/c1-15-7-5-9-10(13-6-7)8(3-4-12-9)11(14)16-2/h3-6H,1-2H3/p+1. The normalized spacial score (nSPS) is 10.1. The minimum Gasteiger partial charge on any atom is -0.491 e. The molecule has 0 atom stereocenters. The number of methoxy groups -OCH3 is 2. The quantitative estimate of drug-likeness (QED) is 0.702.